The zero-order valence-electron chi connectivity index (χ0n) is 10.9. The summed E-state index contributed by atoms with van der Waals surface area (Å²) in [6.45, 7) is 2.16. The Labute approximate surface area is 114 Å². The van der Waals surface area contributed by atoms with E-state index in [4.69, 9.17) is 17.3 Å². The van der Waals surface area contributed by atoms with E-state index in [0.717, 1.165) is 17.9 Å². The van der Waals surface area contributed by atoms with E-state index < -0.39 is 0 Å². The van der Waals surface area contributed by atoms with Gasteiger partial charge in [0.05, 0.1) is 10.7 Å². The third-order valence-electron chi connectivity index (χ3n) is 4.46. The van der Waals surface area contributed by atoms with E-state index in [1.165, 1.54) is 30.5 Å². The fraction of sp³-hybridized carbons (Fsp3) is 0.600. The molecule has 1 aromatic carbocycles. The minimum atomic E-state index is 0.374. The van der Waals surface area contributed by atoms with Crippen molar-refractivity contribution in [3.8, 4) is 0 Å². The fourth-order valence-corrected chi connectivity index (χ4v) is 4.06. The van der Waals surface area contributed by atoms with Crippen LogP contribution >= 0.6 is 11.6 Å². The van der Waals surface area contributed by atoms with Crippen LogP contribution in [0.4, 0.5) is 5.69 Å². The Morgan fingerprint density at radius 3 is 2.50 bits per heavy atom. The molecule has 2 N–H and O–H groups in total. The van der Waals surface area contributed by atoms with Crippen molar-refractivity contribution in [1.82, 2.24) is 0 Å². The molecule has 2 unspecified atom stereocenters. The van der Waals surface area contributed by atoms with Crippen LogP contribution in [0.25, 0.3) is 0 Å². The van der Waals surface area contributed by atoms with E-state index in [2.05, 4.69) is 17.9 Å². The number of hydrogen-bond donors (Lipinski definition) is 1. The molecule has 2 aliphatic heterocycles. The van der Waals surface area contributed by atoms with Crippen molar-refractivity contribution >= 4 is 17.3 Å². The van der Waals surface area contributed by atoms with Gasteiger partial charge in [0.25, 0.3) is 0 Å². The summed E-state index contributed by atoms with van der Waals surface area (Å²) < 4.78 is 0. The van der Waals surface area contributed by atoms with E-state index in [9.17, 15) is 0 Å². The van der Waals surface area contributed by atoms with Gasteiger partial charge in [0.1, 0.15) is 0 Å². The van der Waals surface area contributed by atoms with Crippen LogP contribution in [0.2, 0.25) is 5.02 Å². The normalized spacial score (nSPS) is 31.5. The summed E-state index contributed by atoms with van der Waals surface area (Å²) in [6.07, 6.45) is 6.08. The van der Waals surface area contributed by atoms with Gasteiger partial charge in [0.15, 0.2) is 0 Å². The maximum absolute atomic E-state index is 6.44. The monoisotopic (exact) mass is 264 g/mol. The number of piperidine rings is 2. The van der Waals surface area contributed by atoms with E-state index in [1.807, 2.05) is 12.1 Å². The van der Waals surface area contributed by atoms with Crippen LogP contribution in [0.15, 0.2) is 18.2 Å². The van der Waals surface area contributed by atoms with Gasteiger partial charge in [-0.3, -0.25) is 0 Å². The molecule has 0 aliphatic carbocycles. The molecule has 2 fully saturated rings. The van der Waals surface area contributed by atoms with Gasteiger partial charge in [-0.15, -0.1) is 0 Å². The van der Waals surface area contributed by atoms with Gasteiger partial charge in [-0.1, -0.05) is 23.7 Å². The maximum atomic E-state index is 6.44. The molecule has 0 radical (unpaired) electrons. The second kappa shape index (κ2) is 4.75. The number of rotatable bonds is 1. The number of para-hydroxylation sites is 1. The number of fused-ring (bicyclic) bond motifs is 2. The molecule has 2 saturated heterocycles. The van der Waals surface area contributed by atoms with Crippen LogP contribution in [-0.2, 0) is 0 Å². The summed E-state index contributed by atoms with van der Waals surface area (Å²) in [7, 11) is 0. The van der Waals surface area contributed by atoms with Crippen molar-refractivity contribution in [2.24, 2.45) is 5.73 Å². The molecule has 2 bridgehead atoms. The molecular weight excluding hydrogens is 244 g/mol. The Hall–Kier alpha value is -0.730. The van der Waals surface area contributed by atoms with Crippen LogP contribution in [0.3, 0.4) is 0 Å². The topological polar surface area (TPSA) is 29.3 Å². The van der Waals surface area contributed by atoms with E-state index in [-0.39, 0.29) is 0 Å². The second-order valence-electron chi connectivity index (χ2n) is 5.78. The number of benzene rings is 1. The number of aryl methyl sites for hydroxylation is 1. The van der Waals surface area contributed by atoms with Gasteiger partial charge in [-0.2, -0.15) is 0 Å². The second-order valence-corrected chi connectivity index (χ2v) is 6.19. The summed E-state index contributed by atoms with van der Waals surface area (Å²) in [5.41, 5.74) is 8.72. The van der Waals surface area contributed by atoms with Gasteiger partial charge in [0.2, 0.25) is 0 Å². The highest BCUT2D eigenvalue weighted by molar-refractivity contribution is 6.33. The average Bonchev–Trinajstić information content (AvgIpc) is 2.29. The Morgan fingerprint density at radius 1 is 1.22 bits per heavy atom. The third kappa shape index (κ3) is 2.02. The van der Waals surface area contributed by atoms with E-state index in [1.54, 1.807) is 0 Å². The highest BCUT2D eigenvalue weighted by atomic mass is 35.5. The SMILES string of the molecule is Cc1cccc(Cl)c1N1C2CCCC1CC(N)C2. The van der Waals surface area contributed by atoms with Gasteiger partial charge >= 0.3 is 0 Å². The highest BCUT2D eigenvalue weighted by Crippen LogP contribution is 2.41. The smallest absolute Gasteiger partial charge is 0.0642 e. The Bertz CT molecular complexity index is 412. The van der Waals surface area contributed by atoms with Crippen molar-refractivity contribution in [3.05, 3.63) is 28.8 Å². The molecule has 2 atom stereocenters. The summed E-state index contributed by atoms with van der Waals surface area (Å²) in [5, 5.41) is 0.891. The van der Waals surface area contributed by atoms with Crippen LogP contribution in [0.5, 0.6) is 0 Å². The molecule has 1 aromatic rings. The van der Waals surface area contributed by atoms with Gasteiger partial charge < -0.3 is 10.6 Å². The molecule has 0 saturated carbocycles. The van der Waals surface area contributed by atoms with Crippen LogP contribution in [-0.4, -0.2) is 18.1 Å². The first-order chi connectivity index (χ1) is 8.66. The minimum absolute atomic E-state index is 0.374. The molecule has 0 spiro atoms. The molecule has 3 rings (SSSR count). The van der Waals surface area contributed by atoms with Crippen molar-refractivity contribution in [3.63, 3.8) is 0 Å². The zero-order valence-corrected chi connectivity index (χ0v) is 11.7. The van der Waals surface area contributed by atoms with Gasteiger partial charge in [-0.25, -0.2) is 0 Å². The maximum Gasteiger partial charge on any atom is 0.0642 e. The molecule has 3 heteroatoms. The summed E-state index contributed by atoms with van der Waals surface area (Å²) in [6, 6.07) is 7.75. The lowest BCUT2D eigenvalue weighted by Gasteiger charge is -2.50. The predicted octanol–water partition coefficient (Wildman–Crippen LogP) is 3.50. The minimum Gasteiger partial charge on any atom is -0.364 e. The number of halogens is 1. The largest absolute Gasteiger partial charge is 0.364 e. The lowest BCUT2D eigenvalue weighted by Crippen LogP contribution is -2.55. The Kier molecular flexibility index (Phi) is 3.25. The number of hydrogen-bond acceptors (Lipinski definition) is 2. The highest BCUT2D eigenvalue weighted by Gasteiger charge is 2.38. The predicted molar refractivity (Wildman–Crippen MR) is 77.3 cm³/mol. The summed E-state index contributed by atoms with van der Waals surface area (Å²) >= 11 is 6.44. The third-order valence-corrected chi connectivity index (χ3v) is 4.76. The van der Waals surface area contributed by atoms with Gasteiger partial charge in [0, 0.05) is 18.1 Å². The molecule has 18 heavy (non-hydrogen) atoms. The molecule has 98 valence electrons. The van der Waals surface area contributed by atoms with Gasteiger partial charge in [-0.05, 0) is 50.7 Å². The molecular formula is C15H21ClN2. The van der Waals surface area contributed by atoms with Crippen molar-refractivity contribution in [1.29, 1.82) is 0 Å². The van der Waals surface area contributed by atoms with Crippen LogP contribution in [0.1, 0.15) is 37.7 Å². The van der Waals surface area contributed by atoms with E-state index in [0.29, 0.717) is 18.1 Å². The summed E-state index contributed by atoms with van der Waals surface area (Å²) in [5.74, 6) is 0. The fourth-order valence-electron chi connectivity index (χ4n) is 3.74. The lowest BCUT2D eigenvalue weighted by molar-refractivity contribution is 0.271. The van der Waals surface area contributed by atoms with Crippen molar-refractivity contribution in [2.75, 3.05) is 4.90 Å². The molecule has 2 heterocycles. The number of anilines is 1. The van der Waals surface area contributed by atoms with E-state index >= 15 is 0 Å². The first-order valence-electron chi connectivity index (χ1n) is 6.96. The molecule has 0 aromatic heterocycles. The quantitative estimate of drug-likeness (QED) is 0.841. The first-order valence-corrected chi connectivity index (χ1v) is 7.33. The lowest BCUT2D eigenvalue weighted by atomic mass is 9.81. The standard InChI is InChI=1S/C15H21ClN2/c1-10-4-2-7-14(16)15(10)18-12-5-3-6-13(18)9-11(17)8-12/h2,4,7,11-13H,3,5-6,8-9,17H2,1H3. The average molecular weight is 265 g/mol. The molecule has 2 nitrogen and oxygen atoms in total. The Balaban J connectivity index is 2.00. The Morgan fingerprint density at radius 2 is 1.89 bits per heavy atom. The van der Waals surface area contributed by atoms with Crippen molar-refractivity contribution < 1.29 is 0 Å². The summed E-state index contributed by atoms with van der Waals surface area (Å²) in [4.78, 5) is 2.57. The zero-order chi connectivity index (χ0) is 12.7. The van der Waals surface area contributed by atoms with Crippen LogP contribution in [0, 0.1) is 6.92 Å². The van der Waals surface area contributed by atoms with Crippen molar-refractivity contribution in [2.45, 2.75) is 57.2 Å². The molecule has 0 amide bonds. The first kappa shape index (κ1) is 12.3. The van der Waals surface area contributed by atoms with Crippen LogP contribution < -0.4 is 10.6 Å². The molecule has 2 aliphatic rings. The number of nitrogens with zero attached hydrogens (tertiary/aromatic N) is 1. The number of nitrogens with two attached hydrogens (primary N) is 1.